The lowest BCUT2D eigenvalue weighted by Gasteiger charge is -2.08. The number of nitrogens with zero attached hydrogens (tertiary/aromatic N) is 1. The summed E-state index contributed by atoms with van der Waals surface area (Å²) in [7, 11) is 0. The Balaban J connectivity index is 2.31. The Hall–Kier alpha value is -0.870. The molecule has 0 fully saturated rings. The molecule has 100 valence electrons. The van der Waals surface area contributed by atoms with Gasteiger partial charge < -0.3 is 10.6 Å². The third-order valence-electron chi connectivity index (χ3n) is 2.13. The van der Waals surface area contributed by atoms with Crippen molar-refractivity contribution in [1.29, 1.82) is 0 Å². The Kier molecular flexibility index (Phi) is 7.69. The van der Waals surface area contributed by atoms with Gasteiger partial charge in [-0.3, -0.25) is 4.99 Å². The second kappa shape index (κ2) is 9.11. The molecule has 0 saturated carbocycles. The lowest BCUT2D eigenvalue weighted by atomic mass is 10.4. The largest absolute Gasteiger partial charge is 0.357 e. The normalized spacial score (nSPS) is 9.94. The summed E-state index contributed by atoms with van der Waals surface area (Å²) in [4.78, 5) is 5.71. The van der Waals surface area contributed by atoms with E-state index in [2.05, 4.69) is 29.5 Å². The van der Waals surface area contributed by atoms with Crippen molar-refractivity contribution in [3.05, 3.63) is 29.3 Å². The second-order valence-electron chi connectivity index (χ2n) is 3.59. The van der Waals surface area contributed by atoms with Gasteiger partial charge in [-0.1, -0.05) is 11.6 Å². The molecular weight excluding hydrogens is 266 g/mol. The quantitative estimate of drug-likeness (QED) is 0.365. The minimum absolute atomic E-state index is 0.777. The number of nitrogens with one attached hydrogen (secondary N) is 2. The van der Waals surface area contributed by atoms with Crippen molar-refractivity contribution in [3.63, 3.8) is 0 Å². The Labute approximate surface area is 118 Å². The minimum atomic E-state index is 0.777. The molecule has 5 heteroatoms. The number of hydrogen-bond acceptors (Lipinski definition) is 2. The van der Waals surface area contributed by atoms with E-state index in [0.29, 0.717) is 0 Å². The molecule has 1 aromatic carbocycles. The number of hydrogen-bond donors (Lipinski definition) is 2. The van der Waals surface area contributed by atoms with Crippen LogP contribution >= 0.6 is 23.4 Å². The summed E-state index contributed by atoms with van der Waals surface area (Å²) in [6.07, 6.45) is 0. The van der Waals surface area contributed by atoms with Crippen LogP contribution in [0, 0.1) is 0 Å². The molecule has 0 aliphatic heterocycles. The highest BCUT2D eigenvalue weighted by molar-refractivity contribution is 7.99. The number of thioether (sulfide) groups is 1. The monoisotopic (exact) mass is 285 g/mol. The van der Waals surface area contributed by atoms with Gasteiger partial charge in [0.2, 0.25) is 0 Å². The SMILES string of the molecule is CCNC(=NCCSc1ccc(Cl)cc1)NCC. The summed E-state index contributed by atoms with van der Waals surface area (Å²) in [6, 6.07) is 7.89. The highest BCUT2D eigenvalue weighted by atomic mass is 35.5. The van der Waals surface area contributed by atoms with Crippen LogP contribution < -0.4 is 10.6 Å². The predicted octanol–water partition coefficient (Wildman–Crippen LogP) is 3.01. The lowest BCUT2D eigenvalue weighted by Crippen LogP contribution is -2.37. The molecule has 0 atom stereocenters. The van der Waals surface area contributed by atoms with Crippen LogP contribution in [0.4, 0.5) is 0 Å². The van der Waals surface area contributed by atoms with E-state index in [1.54, 1.807) is 11.8 Å². The first-order valence-electron chi connectivity index (χ1n) is 6.16. The fourth-order valence-electron chi connectivity index (χ4n) is 1.36. The predicted molar refractivity (Wildman–Crippen MR) is 81.8 cm³/mol. The Morgan fingerprint density at radius 2 is 1.78 bits per heavy atom. The Bertz CT molecular complexity index is 357. The maximum absolute atomic E-state index is 5.84. The van der Waals surface area contributed by atoms with Crippen LogP contribution in [0.3, 0.4) is 0 Å². The van der Waals surface area contributed by atoms with E-state index in [1.165, 1.54) is 4.90 Å². The molecule has 0 radical (unpaired) electrons. The molecule has 1 aromatic rings. The fourth-order valence-corrected chi connectivity index (χ4v) is 2.23. The number of rotatable bonds is 6. The van der Waals surface area contributed by atoms with Gasteiger partial charge in [0.25, 0.3) is 0 Å². The standard InChI is InChI=1S/C13H20ClN3S/c1-3-15-13(16-4-2)17-9-10-18-12-7-5-11(14)6-8-12/h5-8H,3-4,9-10H2,1-2H3,(H2,15,16,17). The highest BCUT2D eigenvalue weighted by Crippen LogP contribution is 2.19. The van der Waals surface area contributed by atoms with Gasteiger partial charge in [-0.05, 0) is 38.1 Å². The van der Waals surface area contributed by atoms with Crippen LogP contribution in [-0.4, -0.2) is 31.3 Å². The van der Waals surface area contributed by atoms with Crippen molar-refractivity contribution in [1.82, 2.24) is 10.6 Å². The first-order valence-corrected chi connectivity index (χ1v) is 7.53. The summed E-state index contributed by atoms with van der Waals surface area (Å²) in [5, 5.41) is 7.18. The summed E-state index contributed by atoms with van der Waals surface area (Å²) in [5.74, 6) is 1.85. The number of benzene rings is 1. The van der Waals surface area contributed by atoms with E-state index in [-0.39, 0.29) is 0 Å². The van der Waals surface area contributed by atoms with Crippen LogP contribution in [0.25, 0.3) is 0 Å². The Morgan fingerprint density at radius 3 is 2.33 bits per heavy atom. The van der Waals surface area contributed by atoms with Gasteiger partial charge in [-0.2, -0.15) is 0 Å². The Morgan fingerprint density at radius 1 is 1.17 bits per heavy atom. The van der Waals surface area contributed by atoms with E-state index >= 15 is 0 Å². The van der Waals surface area contributed by atoms with Crippen LogP contribution in [0.1, 0.15) is 13.8 Å². The summed E-state index contributed by atoms with van der Waals surface area (Å²) >= 11 is 7.62. The molecule has 3 nitrogen and oxygen atoms in total. The van der Waals surface area contributed by atoms with Crippen LogP contribution in [-0.2, 0) is 0 Å². The molecule has 2 N–H and O–H groups in total. The van der Waals surface area contributed by atoms with Gasteiger partial charge in [-0.15, -0.1) is 11.8 Å². The van der Waals surface area contributed by atoms with Crippen molar-refractivity contribution in [2.45, 2.75) is 18.7 Å². The van der Waals surface area contributed by atoms with Crippen molar-refractivity contribution >= 4 is 29.3 Å². The van der Waals surface area contributed by atoms with Gasteiger partial charge in [0, 0.05) is 28.8 Å². The molecule has 0 aliphatic rings. The van der Waals surface area contributed by atoms with Gasteiger partial charge in [0.15, 0.2) is 5.96 Å². The third kappa shape index (κ3) is 6.17. The van der Waals surface area contributed by atoms with Crippen molar-refractivity contribution in [2.24, 2.45) is 4.99 Å². The van der Waals surface area contributed by atoms with E-state index in [0.717, 1.165) is 36.4 Å². The molecule has 0 aromatic heterocycles. The smallest absolute Gasteiger partial charge is 0.191 e. The number of guanidine groups is 1. The molecule has 0 aliphatic carbocycles. The van der Waals surface area contributed by atoms with E-state index < -0.39 is 0 Å². The average molecular weight is 286 g/mol. The molecule has 0 unspecified atom stereocenters. The molecule has 0 amide bonds. The third-order valence-corrected chi connectivity index (χ3v) is 3.38. The van der Waals surface area contributed by atoms with Crippen molar-refractivity contribution in [2.75, 3.05) is 25.4 Å². The van der Waals surface area contributed by atoms with Crippen molar-refractivity contribution < 1.29 is 0 Å². The second-order valence-corrected chi connectivity index (χ2v) is 5.20. The minimum Gasteiger partial charge on any atom is -0.357 e. The number of aliphatic imine (C=N–C) groups is 1. The van der Waals surface area contributed by atoms with E-state index in [4.69, 9.17) is 11.6 Å². The zero-order valence-electron chi connectivity index (χ0n) is 10.9. The molecule has 0 spiro atoms. The first kappa shape index (κ1) is 15.2. The van der Waals surface area contributed by atoms with Crippen LogP contribution in [0.5, 0.6) is 0 Å². The number of halogens is 1. The van der Waals surface area contributed by atoms with Gasteiger partial charge in [-0.25, -0.2) is 0 Å². The topological polar surface area (TPSA) is 36.4 Å². The molecule has 18 heavy (non-hydrogen) atoms. The summed E-state index contributed by atoms with van der Waals surface area (Å²) in [5.41, 5.74) is 0. The van der Waals surface area contributed by atoms with Crippen LogP contribution in [0.15, 0.2) is 34.2 Å². The molecule has 0 saturated heterocycles. The zero-order chi connectivity index (χ0) is 13.2. The molecule has 0 heterocycles. The zero-order valence-corrected chi connectivity index (χ0v) is 12.4. The van der Waals surface area contributed by atoms with Crippen molar-refractivity contribution in [3.8, 4) is 0 Å². The average Bonchev–Trinajstić information content (AvgIpc) is 2.37. The lowest BCUT2D eigenvalue weighted by molar-refractivity contribution is 0.846. The first-order chi connectivity index (χ1) is 8.76. The molecule has 0 bridgehead atoms. The molecular formula is C13H20ClN3S. The van der Waals surface area contributed by atoms with Gasteiger partial charge >= 0.3 is 0 Å². The highest BCUT2D eigenvalue weighted by Gasteiger charge is 1.96. The fraction of sp³-hybridized carbons (Fsp3) is 0.462. The van der Waals surface area contributed by atoms with Gasteiger partial charge in [0.1, 0.15) is 0 Å². The van der Waals surface area contributed by atoms with Gasteiger partial charge in [0.05, 0.1) is 6.54 Å². The summed E-state index contributed by atoms with van der Waals surface area (Å²) in [6.45, 7) is 6.69. The summed E-state index contributed by atoms with van der Waals surface area (Å²) < 4.78 is 0. The maximum Gasteiger partial charge on any atom is 0.191 e. The van der Waals surface area contributed by atoms with Crippen LogP contribution in [0.2, 0.25) is 5.02 Å². The van der Waals surface area contributed by atoms with E-state index in [9.17, 15) is 0 Å². The maximum atomic E-state index is 5.84. The molecule has 1 rings (SSSR count). The van der Waals surface area contributed by atoms with E-state index in [1.807, 2.05) is 24.3 Å².